The molecule has 2 heterocycles. The van der Waals surface area contributed by atoms with Crippen molar-refractivity contribution in [2.24, 2.45) is 7.05 Å². The molecule has 0 amide bonds. The first-order chi connectivity index (χ1) is 18.8. The number of para-hydroxylation sites is 1. The summed E-state index contributed by atoms with van der Waals surface area (Å²) in [5, 5.41) is 17.6. The Morgan fingerprint density at radius 3 is 2.87 bits per heavy atom. The number of rotatable bonds is 7. The summed E-state index contributed by atoms with van der Waals surface area (Å²) in [4.78, 5) is 11.7. The number of nitrogens with one attached hydrogen (secondary N) is 1. The number of anilines is 1. The van der Waals surface area contributed by atoms with Gasteiger partial charge >= 0.3 is 5.97 Å². The van der Waals surface area contributed by atoms with Crippen molar-refractivity contribution in [2.75, 3.05) is 5.32 Å². The Kier molecular flexibility index (Phi) is 7.55. The van der Waals surface area contributed by atoms with Crippen molar-refractivity contribution in [1.82, 2.24) is 9.78 Å². The van der Waals surface area contributed by atoms with Crippen LogP contribution in [0.3, 0.4) is 0 Å². The van der Waals surface area contributed by atoms with Gasteiger partial charge in [0, 0.05) is 47.7 Å². The van der Waals surface area contributed by atoms with Gasteiger partial charge in [0.25, 0.3) is 0 Å². The molecule has 6 heteroatoms. The number of aromatic nitrogens is 2. The molecule has 0 radical (unpaired) electrons. The SMILES string of the molecule is CCCC=C1C=C(C2=C\CC(C)c3cn(C)nc3/C=C\2)Oc2c(CNc3ccccc3C(=O)O)cc(C)cc21. The molecule has 0 saturated heterocycles. The molecule has 5 rings (SSSR count). The number of unbranched alkanes of at least 4 members (excludes halogenated alkanes) is 1. The molecule has 0 bridgehead atoms. The third-order valence-electron chi connectivity index (χ3n) is 7.21. The Bertz CT molecular complexity index is 1540. The summed E-state index contributed by atoms with van der Waals surface area (Å²) in [7, 11) is 1.96. The zero-order valence-electron chi connectivity index (χ0n) is 23.0. The fraction of sp³-hybridized carbons (Fsp3) is 0.273. The normalized spacial score (nSPS) is 19.5. The second-order valence-electron chi connectivity index (χ2n) is 10.3. The van der Waals surface area contributed by atoms with Crippen molar-refractivity contribution in [2.45, 2.75) is 52.5 Å². The van der Waals surface area contributed by atoms with E-state index in [0.29, 0.717) is 18.2 Å². The van der Waals surface area contributed by atoms with Gasteiger partial charge in [-0.1, -0.05) is 50.6 Å². The van der Waals surface area contributed by atoms with Gasteiger partial charge in [-0.2, -0.15) is 5.10 Å². The number of aryl methyl sites for hydroxylation is 2. The molecule has 1 atom stereocenters. The van der Waals surface area contributed by atoms with E-state index in [1.807, 2.05) is 17.8 Å². The maximum atomic E-state index is 11.7. The Morgan fingerprint density at radius 1 is 1.26 bits per heavy atom. The Hall–Kier alpha value is -4.32. The Morgan fingerprint density at radius 2 is 2.08 bits per heavy atom. The molecule has 200 valence electrons. The van der Waals surface area contributed by atoms with Crippen LogP contribution in [0.4, 0.5) is 5.69 Å². The van der Waals surface area contributed by atoms with Gasteiger partial charge in [0.2, 0.25) is 0 Å². The minimum Gasteiger partial charge on any atom is -0.478 e. The number of hydrogen-bond acceptors (Lipinski definition) is 4. The maximum absolute atomic E-state index is 11.7. The van der Waals surface area contributed by atoms with E-state index < -0.39 is 5.97 Å². The number of allylic oxidation sites excluding steroid dienone is 5. The Balaban J connectivity index is 1.52. The number of aromatic carboxylic acids is 1. The highest BCUT2D eigenvalue weighted by molar-refractivity contribution is 5.94. The van der Waals surface area contributed by atoms with Crippen LogP contribution in [0.1, 0.15) is 77.3 Å². The molecule has 3 aromatic rings. The zero-order chi connectivity index (χ0) is 27.5. The van der Waals surface area contributed by atoms with Crippen LogP contribution in [0, 0.1) is 6.92 Å². The van der Waals surface area contributed by atoms with E-state index in [4.69, 9.17) is 4.74 Å². The summed E-state index contributed by atoms with van der Waals surface area (Å²) in [6.07, 6.45) is 15.9. The smallest absolute Gasteiger partial charge is 0.337 e. The van der Waals surface area contributed by atoms with E-state index in [2.05, 4.69) is 79.9 Å². The molecule has 39 heavy (non-hydrogen) atoms. The van der Waals surface area contributed by atoms with Gasteiger partial charge < -0.3 is 15.2 Å². The van der Waals surface area contributed by atoms with Crippen LogP contribution in [0.2, 0.25) is 0 Å². The molecule has 1 aliphatic heterocycles. The molecule has 0 fully saturated rings. The zero-order valence-corrected chi connectivity index (χ0v) is 23.0. The second kappa shape index (κ2) is 11.2. The van der Waals surface area contributed by atoms with Crippen LogP contribution in [0.25, 0.3) is 11.6 Å². The average Bonchev–Trinajstić information content (AvgIpc) is 3.29. The standard InChI is InChI=1S/C33H35N3O3/c1-5-6-9-24-18-31(23-13-12-22(3)28-20-36(4)35-30(28)15-14-23)39-32-25(16-21(2)17-27(24)32)19-34-29-11-8-7-10-26(29)33(37)38/h7-11,13-18,20,22,34H,5-6,12,19H2,1-4H3,(H,37,38)/b15-14-,23-13-,24-9?. The first kappa shape index (κ1) is 26.3. The van der Waals surface area contributed by atoms with E-state index in [1.54, 1.807) is 18.2 Å². The molecule has 1 unspecified atom stereocenters. The van der Waals surface area contributed by atoms with Crippen LogP contribution in [-0.2, 0) is 13.6 Å². The number of carboxylic acids is 1. The minimum absolute atomic E-state index is 0.247. The highest BCUT2D eigenvalue weighted by atomic mass is 16.5. The van der Waals surface area contributed by atoms with Crippen molar-refractivity contribution in [3.63, 3.8) is 0 Å². The number of nitrogens with zero attached hydrogens (tertiary/aromatic N) is 2. The van der Waals surface area contributed by atoms with E-state index in [1.165, 1.54) is 5.56 Å². The fourth-order valence-corrected chi connectivity index (χ4v) is 5.18. The Labute approximate surface area is 230 Å². The van der Waals surface area contributed by atoms with E-state index in [0.717, 1.165) is 64.3 Å². The molecule has 0 spiro atoms. The average molecular weight is 522 g/mol. The summed E-state index contributed by atoms with van der Waals surface area (Å²) in [5.41, 5.74) is 8.42. The van der Waals surface area contributed by atoms with E-state index >= 15 is 0 Å². The van der Waals surface area contributed by atoms with Crippen LogP contribution >= 0.6 is 0 Å². The fourth-order valence-electron chi connectivity index (χ4n) is 5.18. The summed E-state index contributed by atoms with van der Waals surface area (Å²) < 4.78 is 8.55. The molecule has 2 aliphatic rings. The highest BCUT2D eigenvalue weighted by Crippen LogP contribution is 2.41. The van der Waals surface area contributed by atoms with E-state index in [9.17, 15) is 9.90 Å². The predicted octanol–water partition coefficient (Wildman–Crippen LogP) is 7.65. The van der Waals surface area contributed by atoms with Crippen molar-refractivity contribution >= 4 is 23.3 Å². The largest absolute Gasteiger partial charge is 0.478 e. The predicted molar refractivity (Wildman–Crippen MR) is 157 cm³/mol. The van der Waals surface area contributed by atoms with Crippen molar-refractivity contribution in [3.05, 3.63) is 112 Å². The summed E-state index contributed by atoms with van der Waals surface area (Å²) in [6.45, 7) is 6.93. The second-order valence-corrected chi connectivity index (χ2v) is 10.3. The number of carboxylic acid groups (broad SMARTS) is 1. The minimum atomic E-state index is -0.955. The van der Waals surface area contributed by atoms with Crippen molar-refractivity contribution in [3.8, 4) is 5.75 Å². The number of benzene rings is 2. The van der Waals surface area contributed by atoms with Crippen molar-refractivity contribution in [1.29, 1.82) is 0 Å². The highest BCUT2D eigenvalue weighted by Gasteiger charge is 2.24. The van der Waals surface area contributed by atoms with Crippen LogP contribution < -0.4 is 10.1 Å². The summed E-state index contributed by atoms with van der Waals surface area (Å²) in [6, 6.07) is 11.3. The van der Waals surface area contributed by atoms with Gasteiger partial charge in [-0.25, -0.2) is 4.79 Å². The van der Waals surface area contributed by atoms with Gasteiger partial charge in [-0.05, 0) is 73.2 Å². The summed E-state index contributed by atoms with van der Waals surface area (Å²) >= 11 is 0. The quantitative estimate of drug-likeness (QED) is 0.334. The van der Waals surface area contributed by atoms with E-state index in [-0.39, 0.29) is 5.56 Å². The number of hydrogen-bond donors (Lipinski definition) is 2. The number of carbonyl (C=O) groups is 1. The van der Waals surface area contributed by atoms with Gasteiger partial charge in [-0.3, -0.25) is 4.68 Å². The summed E-state index contributed by atoms with van der Waals surface area (Å²) in [5.74, 6) is 1.01. The molecule has 1 aromatic heterocycles. The van der Waals surface area contributed by atoms with Crippen LogP contribution in [-0.4, -0.2) is 20.9 Å². The van der Waals surface area contributed by atoms with Gasteiger partial charge in [-0.15, -0.1) is 0 Å². The lowest BCUT2D eigenvalue weighted by atomic mass is 9.91. The first-order valence-electron chi connectivity index (χ1n) is 13.6. The molecule has 6 nitrogen and oxygen atoms in total. The molecule has 0 saturated carbocycles. The lowest BCUT2D eigenvalue weighted by Gasteiger charge is -2.25. The molecular weight excluding hydrogens is 486 g/mol. The molecular formula is C33H35N3O3. The lowest BCUT2D eigenvalue weighted by Crippen LogP contribution is -2.12. The number of ether oxygens (including phenoxy) is 1. The number of fused-ring (bicyclic) bond motifs is 2. The monoisotopic (exact) mass is 521 g/mol. The first-order valence-corrected chi connectivity index (χ1v) is 13.6. The van der Waals surface area contributed by atoms with Gasteiger partial charge in [0.15, 0.2) is 0 Å². The van der Waals surface area contributed by atoms with Crippen molar-refractivity contribution < 1.29 is 14.6 Å². The third kappa shape index (κ3) is 5.60. The maximum Gasteiger partial charge on any atom is 0.337 e. The van der Waals surface area contributed by atoms with Gasteiger partial charge in [0.05, 0.1) is 11.3 Å². The topological polar surface area (TPSA) is 76.4 Å². The molecule has 1 aliphatic carbocycles. The third-order valence-corrected chi connectivity index (χ3v) is 7.21. The molecule has 2 N–H and O–H groups in total. The molecule has 2 aromatic carbocycles. The van der Waals surface area contributed by atoms with Crippen LogP contribution in [0.15, 0.2) is 78.2 Å². The van der Waals surface area contributed by atoms with Crippen LogP contribution in [0.5, 0.6) is 5.75 Å². The van der Waals surface area contributed by atoms with Gasteiger partial charge in [0.1, 0.15) is 11.5 Å². The lowest BCUT2D eigenvalue weighted by molar-refractivity contribution is 0.0698.